The van der Waals surface area contributed by atoms with E-state index in [1.807, 2.05) is 13.0 Å². The molecule has 1 heterocycles. The maximum Gasteiger partial charge on any atom is 0.309 e. The van der Waals surface area contributed by atoms with Crippen molar-refractivity contribution >= 4 is 5.97 Å². The first kappa shape index (κ1) is 12.8. The first-order chi connectivity index (χ1) is 7.43. The lowest BCUT2D eigenvalue weighted by molar-refractivity contribution is -0.147. The van der Waals surface area contributed by atoms with Gasteiger partial charge in [0.1, 0.15) is 5.76 Å². The Kier molecular flexibility index (Phi) is 4.12. The Balaban J connectivity index is 2.27. The van der Waals surface area contributed by atoms with Gasteiger partial charge >= 0.3 is 5.97 Å². The molecule has 0 spiro atoms. The average Bonchev–Trinajstić information content (AvgIpc) is 2.59. The normalized spacial score (nSPS) is 11.7. The molecule has 0 aromatic carbocycles. The molecule has 90 valence electrons. The molecule has 2 N–H and O–H groups in total. The fourth-order valence-electron chi connectivity index (χ4n) is 1.29. The van der Waals surface area contributed by atoms with Crippen molar-refractivity contribution in [3.05, 3.63) is 23.7 Å². The van der Waals surface area contributed by atoms with E-state index in [0.717, 1.165) is 11.3 Å². The highest BCUT2D eigenvalue weighted by molar-refractivity contribution is 5.73. The quantitative estimate of drug-likeness (QED) is 0.728. The minimum atomic E-state index is -0.761. The number of hydrogen-bond donors (Lipinski definition) is 2. The van der Waals surface area contributed by atoms with Gasteiger partial charge in [0.25, 0.3) is 0 Å². The van der Waals surface area contributed by atoms with Crippen LogP contribution in [0.1, 0.15) is 31.6 Å². The van der Waals surface area contributed by atoms with Gasteiger partial charge < -0.3 is 14.8 Å². The third-order valence-corrected chi connectivity index (χ3v) is 2.76. The van der Waals surface area contributed by atoms with Crippen LogP contribution in [0.4, 0.5) is 0 Å². The zero-order valence-corrected chi connectivity index (χ0v) is 10.0. The molecule has 0 saturated carbocycles. The van der Waals surface area contributed by atoms with E-state index in [-0.39, 0.29) is 0 Å². The van der Waals surface area contributed by atoms with Crippen molar-refractivity contribution in [3.8, 4) is 0 Å². The van der Waals surface area contributed by atoms with E-state index >= 15 is 0 Å². The van der Waals surface area contributed by atoms with E-state index in [2.05, 4.69) is 5.32 Å². The summed E-state index contributed by atoms with van der Waals surface area (Å²) in [5.74, 6) is 0.150. The van der Waals surface area contributed by atoms with Gasteiger partial charge in [0.15, 0.2) is 0 Å². The summed E-state index contributed by atoms with van der Waals surface area (Å²) >= 11 is 0. The lowest BCUT2D eigenvalue weighted by Crippen LogP contribution is -2.28. The maximum absolute atomic E-state index is 10.9. The Labute approximate surface area is 95.7 Å². The molecule has 0 amide bonds. The van der Waals surface area contributed by atoms with Crippen molar-refractivity contribution in [1.82, 2.24) is 5.32 Å². The fourth-order valence-corrected chi connectivity index (χ4v) is 1.29. The van der Waals surface area contributed by atoms with Gasteiger partial charge in [0.2, 0.25) is 0 Å². The van der Waals surface area contributed by atoms with E-state index in [1.165, 1.54) is 0 Å². The highest BCUT2D eigenvalue weighted by Gasteiger charge is 2.26. The van der Waals surface area contributed by atoms with Crippen molar-refractivity contribution in [2.45, 2.75) is 33.7 Å². The van der Waals surface area contributed by atoms with Crippen molar-refractivity contribution in [3.63, 3.8) is 0 Å². The summed E-state index contributed by atoms with van der Waals surface area (Å²) in [6.45, 7) is 6.76. The molecule has 4 nitrogen and oxygen atoms in total. The van der Waals surface area contributed by atoms with Gasteiger partial charge in [-0.05, 0) is 45.4 Å². The summed E-state index contributed by atoms with van der Waals surface area (Å²) < 4.78 is 5.27. The standard InChI is InChI=1S/C12H19NO3/c1-9-4-7-16-10(9)8-13-6-5-12(2,3)11(14)15/h4,7,13H,5-6,8H2,1-3H3,(H,14,15). The fraction of sp³-hybridized carbons (Fsp3) is 0.583. The SMILES string of the molecule is Cc1ccoc1CNCCC(C)(C)C(=O)O. The first-order valence-corrected chi connectivity index (χ1v) is 5.40. The zero-order valence-electron chi connectivity index (χ0n) is 10.0. The molecule has 0 aliphatic heterocycles. The van der Waals surface area contributed by atoms with Crippen LogP contribution in [0.5, 0.6) is 0 Å². The summed E-state index contributed by atoms with van der Waals surface area (Å²) in [4.78, 5) is 10.9. The summed E-state index contributed by atoms with van der Waals surface area (Å²) in [7, 11) is 0. The number of carboxylic acids is 1. The van der Waals surface area contributed by atoms with Crippen LogP contribution in [0.25, 0.3) is 0 Å². The van der Waals surface area contributed by atoms with E-state index in [9.17, 15) is 4.79 Å². The number of nitrogens with one attached hydrogen (secondary N) is 1. The Morgan fingerprint density at radius 1 is 1.56 bits per heavy atom. The minimum absolute atomic E-state index is 0.599. The molecule has 16 heavy (non-hydrogen) atoms. The van der Waals surface area contributed by atoms with Gasteiger partial charge in [-0.3, -0.25) is 4.79 Å². The van der Waals surface area contributed by atoms with Crippen LogP contribution >= 0.6 is 0 Å². The molecule has 0 aliphatic rings. The Bertz CT molecular complexity index is 355. The number of carbonyl (C=O) groups is 1. The van der Waals surface area contributed by atoms with Crippen LogP contribution in [-0.2, 0) is 11.3 Å². The van der Waals surface area contributed by atoms with Crippen LogP contribution in [0.3, 0.4) is 0 Å². The first-order valence-electron chi connectivity index (χ1n) is 5.40. The summed E-state index contributed by atoms with van der Waals surface area (Å²) in [5.41, 5.74) is 0.440. The lowest BCUT2D eigenvalue weighted by Gasteiger charge is -2.18. The van der Waals surface area contributed by atoms with Gasteiger partial charge in [-0.1, -0.05) is 0 Å². The number of carboxylic acid groups (broad SMARTS) is 1. The molecule has 0 aliphatic carbocycles. The van der Waals surface area contributed by atoms with Gasteiger partial charge in [0, 0.05) is 0 Å². The van der Waals surface area contributed by atoms with Crippen molar-refractivity contribution in [1.29, 1.82) is 0 Å². The minimum Gasteiger partial charge on any atom is -0.481 e. The highest BCUT2D eigenvalue weighted by Crippen LogP contribution is 2.19. The molecule has 1 aromatic rings. The molecule has 0 atom stereocenters. The Morgan fingerprint density at radius 2 is 2.25 bits per heavy atom. The van der Waals surface area contributed by atoms with E-state index in [4.69, 9.17) is 9.52 Å². The van der Waals surface area contributed by atoms with Crippen LogP contribution in [0.2, 0.25) is 0 Å². The summed E-state index contributed by atoms with van der Waals surface area (Å²) in [5, 5.41) is 12.1. The molecule has 0 saturated heterocycles. The predicted octanol–water partition coefficient (Wildman–Crippen LogP) is 2.18. The highest BCUT2D eigenvalue weighted by atomic mass is 16.4. The number of hydrogen-bond acceptors (Lipinski definition) is 3. The molecule has 1 aromatic heterocycles. The van der Waals surface area contributed by atoms with Gasteiger partial charge in [-0.2, -0.15) is 0 Å². The number of aryl methyl sites for hydroxylation is 1. The molecule has 0 fully saturated rings. The average molecular weight is 225 g/mol. The summed E-state index contributed by atoms with van der Waals surface area (Å²) in [6.07, 6.45) is 2.26. The van der Waals surface area contributed by atoms with Gasteiger partial charge in [-0.15, -0.1) is 0 Å². The third kappa shape index (κ3) is 3.38. The van der Waals surface area contributed by atoms with E-state index < -0.39 is 11.4 Å². The van der Waals surface area contributed by atoms with Crippen LogP contribution in [0.15, 0.2) is 16.7 Å². The second kappa shape index (κ2) is 5.16. The second-order valence-corrected chi connectivity index (χ2v) is 4.64. The van der Waals surface area contributed by atoms with Crippen LogP contribution < -0.4 is 5.32 Å². The Hall–Kier alpha value is -1.29. The molecule has 0 bridgehead atoms. The van der Waals surface area contributed by atoms with Crippen LogP contribution in [0, 0.1) is 12.3 Å². The summed E-state index contributed by atoms with van der Waals surface area (Å²) in [6, 6.07) is 1.91. The van der Waals surface area contributed by atoms with Crippen molar-refractivity contribution < 1.29 is 14.3 Å². The van der Waals surface area contributed by atoms with Crippen molar-refractivity contribution in [2.75, 3.05) is 6.54 Å². The monoisotopic (exact) mass is 225 g/mol. The molecule has 0 radical (unpaired) electrons. The van der Waals surface area contributed by atoms with E-state index in [1.54, 1.807) is 20.1 Å². The molecule has 0 unspecified atom stereocenters. The topological polar surface area (TPSA) is 62.5 Å². The lowest BCUT2D eigenvalue weighted by atomic mass is 9.90. The number of rotatable bonds is 6. The van der Waals surface area contributed by atoms with E-state index in [0.29, 0.717) is 19.5 Å². The van der Waals surface area contributed by atoms with Crippen molar-refractivity contribution in [2.24, 2.45) is 5.41 Å². The largest absolute Gasteiger partial charge is 0.481 e. The number of furan rings is 1. The predicted molar refractivity (Wildman–Crippen MR) is 61.2 cm³/mol. The van der Waals surface area contributed by atoms with Gasteiger partial charge in [-0.25, -0.2) is 0 Å². The molecular formula is C12H19NO3. The van der Waals surface area contributed by atoms with Crippen LogP contribution in [-0.4, -0.2) is 17.6 Å². The van der Waals surface area contributed by atoms with Gasteiger partial charge in [0.05, 0.1) is 18.2 Å². The molecule has 4 heteroatoms. The molecular weight excluding hydrogens is 206 g/mol. The molecule has 1 rings (SSSR count). The zero-order chi connectivity index (χ0) is 12.2. The second-order valence-electron chi connectivity index (χ2n) is 4.64. The maximum atomic E-state index is 10.9. The number of aliphatic carboxylic acids is 1. The smallest absolute Gasteiger partial charge is 0.309 e. The Morgan fingerprint density at radius 3 is 2.75 bits per heavy atom. The third-order valence-electron chi connectivity index (χ3n) is 2.76.